The SMILES string of the molecule is COc1ccc(OC)c(-c2nn(-c3ccccc3)cc2CCC(=O)NCCN2CCCC2)c1. The fourth-order valence-corrected chi connectivity index (χ4v) is 4.23. The first-order valence-electron chi connectivity index (χ1n) is 11.5. The number of aryl methyl sites for hydroxylation is 1. The zero-order valence-corrected chi connectivity index (χ0v) is 19.4. The molecular weight excluding hydrogens is 416 g/mol. The number of ether oxygens (including phenoxy) is 2. The summed E-state index contributed by atoms with van der Waals surface area (Å²) in [7, 11) is 3.29. The number of para-hydroxylation sites is 1. The van der Waals surface area contributed by atoms with Crippen molar-refractivity contribution in [1.82, 2.24) is 20.0 Å². The van der Waals surface area contributed by atoms with Crippen LogP contribution in [0.1, 0.15) is 24.8 Å². The molecule has 0 aliphatic carbocycles. The molecule has 174 valence electrons. The maximum atomic E-state index is 12.5. The third-order valence-corrected chi connectivity index (χ3v) is 6.04. The second-order valence-corrected chi connectivity index (χ2v) is 8.25. The molecule has 1 aromatic heterocycles. The Labute approximate surface area is 195 Å². The molecule has 1 N–H and O–H groups in total. The van der Waals surface area contributed by atoms with Crippen molar-refractivity contribution in [2.75, 3.05) is 40.4 Å². The molecule has 1 aliphatic rings. The summed E-state index contributed by atoms with van der Waals surface area (Å²) >= 11 is 0. The average molecular weight is 449 g/mol. The molecule has 1 saturated heterocycles. The summed E-state index contributed by atoms with van der Waals surface area (Å²) in [5.74, 6) is 1.50. The van der Waals surface area contributed by atoms with E-state index in [1.807, 2.05) is 59.4 Å². The molecule has 1 fully saturated rings. The Bertz CT molecular complexity index is 1060. The summed E-state index contributed by atoms with van der Waals surface area (Å²) in [4.78, 5) is 14.9. The van der Waals surface area contributed by atoms with Crippen LogP contribution in [0.15, 0.2) is 54.7 Å². The van der Waals surface area contributed by atoms with Crippen LogP contribution >= 0.6 is 0 Å². The van der Waals surface area contributed by atoms with E-state index in [9.17, 15) is 4.79 Å². The lowest BCUT2D eigenvalue weighted by molar-refractivity contribution is -0.121. The molecule has 1 aliphatic heterocycles. The van der Waals surface area contributed by atoms with E-state index in [2.05, 4.69) is 10.2 Å². The number of carbonyl (C=O) groups excluding carboxylic acids is 1. The zero-order valence-electron chi connectivity index (χ0n) is 19.4. The highest BCUT2D eigenvalue weighted by molar-refractivity contribution is 5.77. The van der Waals surface area contributed by atoms with Gasteiger partial charge in [-0.3, -0.25) is 4.79 Å². The molecule has 7 nitrogen and oxygen atoms in total. The lowest BCUT2D eigenvalue weighted by atomic mass is 10.0. The molecule has 0 atom stereocenters. The number of benzene rings is 2. The minimum atomic E-state index is 0.0604. The molecule has 33 heavy (non-hydrogen) atoms. The second-order valence-electron chi connectivity index (χ2n) is 8.25. The average Bonchev–Trinajstić information content (AvgIpc) is 3.53. The molecule has 7 heteroatoms. The van der Waals surface area contributed by atoms with Gasteiger partial charge in [-0.05, 0) is 68.2 Å². The van der Waals surface area contributed by atoms with E-state index in [-0.39, 0.29) is 5.91 Å². The molecule has 4 rings (SSSR count). The lowest BCUT2D eigenvalue weighted by Gasteiger charge is -2.14. The lowest BCUT2D eigenvalue weighted by Crippen LogP contribution is -2.33. The number of nitrogens with one attached hydrogen (secondary N) is 1. The van der Waals surface area contributed by atoms with Crippen molar-refractivity contribution in [3.05, 3.63) is 60.3 Å². The summed E-state index contributed by atoms with van der Waals surface area (Å²) in [5.41, 5.74) is 3.58. The maximum absolute atomic E-state index is 12.5. The second kappa shape index (κ2) is 11.0. The van der Waals surface area contributed by atoms with Gasteiger partial charge in [-0.15, -0.1) is 0 Å². The maximum Gasteiger partial charge on any atom is 0.220 e. The quantitative estimate of drug-likeness (QED) is 0.512. The third-order valence-electron chi connectivity index (χ3n) is 6.04. The molecule has 2 aromatic carbocycles. The van der Waals surface area contributed by atoms with Gasteiger partial charge in [0.1, 0.15) is 11.5 Å². The Balaban J connectivity index is 1.53. The number of aromatic nitrogens is 2. The predicted octanol–water partition coefficient (Wildman–Crippen LogP) is 3.70. The Morgan fingerprint density at radius 2 is 1.85 bits per heavy atom. The van der Waals surface area contributed by atoms with Crippen LogP contribution in [0.3, 0.4) is 0 Å². The summed E-state index contributed by atoms with van der Waals surface area (Å²) in [6, 6.07) is 15.6. The Hall–Kier alpha value is -3.32. The largest absolute Gasteiger partial charge is 0.497 e. The third kappa shape index (κ3) is 5.73. The molecule has 1 amide bonds. The smallest absolute Gasteiger partial charge is 0.220 e. The first-order valence-corrected chi connectivity index (χ1v) is 11.5. The van der Waals surface area contributed by atoms with Gasteiger partial charge in [0.05, 0.1) is 25.6 Å². The minimum absolute atomic E-state index is 0.0604. The molecule has 3 aromatic rings. The number of hydrogen-bond acceptors (Lipinski definition) is 5. The monoisotopic (exact) mass is 448 g/mol. The van der Waals surface area contributed by atoms with Gasteiger partial charge < -0.3 is 19.7 Å². The topological polar surface area (TPSA) is 68.6 Å². The van der Waals surface area contributed by atoms with Crippen molar-refractivity contribution < 1.29 is 14.3 Å². The summed E-state index contributed by atoms with van der Waals surface area (Å²) in [6.45, 7) is 3.89. The fraction of sp³-hybridized carbons (Fsp3) is 0.385. The van der Waals surface area contributed by atoms with Gasteiger partial charge >= 0.3 is 0 Å². The Kier molecular flexibility index (Phi) is 7.62. The molecule has 2 heterocycles. The number of rotatable bonds is 10. The van der Waals surface area contributed by atoms with Gasteiger partial charge in [0.2, 0.25) is 5.91 Å². The van der Waals surface area contributed by atoms with Crippen LogP contribution in [0.25, 0.3) is 16.9 Å². The number of carbonyl (C=O) groups is 1. The van der Waals surface area contributed by atoms with Gasteiger partial charge in [-0.1, -0.05) is 18.2 Å². The van der Waals surface area contributed by atoms with Crippen molar-refractivity contribution >= 4 is 5.91 Å². The number of amides is 1. The van der Waals surface area contributed by atoms with Crippen LogP contribution in [-0.4, -0.2) is 61.0 Å². The van der Waals surface area contributed by atoms with Gasteiger partial charge in [0.15, 0.2) is 0 Å². The normalized spacial score (nSPS) is 13.8. The van der Waals surface area contributed by atoms with Crippen molar-refractivity contribution in [2.24, 2.45) is 0 Å². The molecule has 0 bridgehead atoms. The van der Waals surface area contributed by atoms with Crippen molar-refractivity contribution in [3.63, 3.8) is 0 Å². The first-order chi connectivity index (χ1) is 16.2. The Morgan fingerprint density at radius 3 is 2.58 bits per heavy atom. The van der Waals surface area contributed by atoms with E-state index in [4.69, 9.17) is 14.6 Å². The number of likely N-dealkylation sites (tertiary alicyclic amines) is 1. The van der Waals surface area contributed by atoms with E-state index in [0.29, 0.717) is 25.1 Å². The number of nitrogens with zero attached hydrogens (tertiary/aromatic N) is 3. The highest BCUT2D eigenvalue weighted by Gasteiger charge is 2.18. The van der Waals surface area contributed by atoms with E-state index < -0.39 is 0 Å². The molecule has 0 unspecified atom stereocenters. The van der Waals surface area contributed by atoms with Crippen LogP contribution in [0, 0.1) is 0 Å². The van der Waals surface area contributed by atoms with E-state index in [0.717, 1.165) is 47.9 Å². The standard InChI is InChI=1S/C26H32N4O3/c1-32-22-11-12-24(33-2)23(18-22)26-20(19-30(28-26)21-8-4-3-5-9-21)10-13-25(31)27-14-17-29-15-6-7-16-29/h3-5,8-9,11-12,18-19H,6-7,10,13-17H2,1-2H3,(H,27,31). The molecular formula is C26H32N4O3. The number of methoxy groups -OCH3 is 2. The van der Waals surface area contributed by atoms with E-state index in [1.165, 1.54) is 12.8 Å². The van der Waals surface area contributed by atoms with Gasteiger partial charge in [0, 0.05) is 31.3 Å². The van der Waals surface area contributed by atoms with E-state index >= 15 is 0 Å². The van der Waals surface area contributed by atoms with E-state index in [1.54, 1.807) is 14.2 Å². The molecule has 0 spiro atoms. The van der Waals surface area contributed by atoms with Gasteiger partial charge in [-0.2, -0.15) is 5.10 Å². The highest BCUT2D eigenvalue weighted by atomic mass is 16.5. The summed E-state index contributed by atoms with van der Waals surface area (Å²) in [5, 5.41) is 7.94. The van der Waals surface area contributed by atoms with Gasteiger partial charge in [0.25, 0.3) is 0 Å². The van der Waals surface area contributed by atoms with Crippen LogP contribution in [0.5, 0.6) is 11.5 Å². The van der Waals surface area contributed by atoms with Crippen LogP contribution in [-0.2, 0) is 11.2 Å². The van der Waals surface area contributed by atoms with Crippen LogP contribution in [0.2, 0.25) is 0 Å². The van der Waals surface area contributed by atoms with Crippen molar-refractivity contribution in [3.8, 4) is 28.4 Å². The molecule has 0 radical (unpaired) electrons. The number of hydrogen-bond donors (Lipinski definition) is 1. The fourth-order valence-electron chi connectivity index (χ4n) is 4.23. The highest BCUT2D eigenvalue weighted by Crippen LogP contribution is 2.35. The predicted molar refractivity (Wildman–Crippen MR) is 129 cm³/mol. The first kappa shape index (κ1) is 22.9. The zero-order chi connectivity index (χ0) is 23.0. The van der Waals surface area contributed by atoms with Crippen molar-refractivity contribution in [2.45, 2.75) is 25.7 Å². The molecule has 0 saturated carbocycles. The Morgan fingerprint density at radius 1 is 1.06 bits per heavy atom. The summed E-state index contributed by atoms with van der Waals surface area (Å²) in [6.07, 6.45) is 5.50. The summed E-state index contributed by atoms with van der Waals surface area (Å²) < 4.78 is 12.9. The van der Waals surface area contributed by atoms with Gasteiger partial charge in [-0.25, -0.2) is 4.68 Å². The minimum Gasteiger partial charge on any atom is -0.497 e. The van der Waals surface area contributed by atoms with Crippen LogP contribution < -0.4 is 14.8 Å². The van der Waals surface area contributed by atoms with Crippen LogP contribution in [0.4, 0.5) is 0 Å². The van der Waals surface area contributed by atoms with Crippen molar-refractivity contribution in [1.29, 1.82) is 0 Å².